The van der Waals surface area contributed by atoms with Crippen molar-refractivity contribution < 1.29 is 19.2 Å². The number of aromatic nitrogens is 2. The number of pyridine rings is 1. The number of aliphatic hydroxyl groups excluding tert-OH is 1. The van der Waals surface area contributed by atoms with Crippen LogP contribution >= 0.6 is 11.3 Å². The zero-order chi connectivity index (χ0) is 22.6. The minimum atomic E-state index is -3.67. The minimum absolute atomic E-state index is 0.0129. The number of amides is 2. The van der Waals surface area contributed by atoms with Gasteiger partial charge in [0.1, 0.15) is 14.8 Å². The number of thiazole rings is 1. The van der Waals surface area contributed by atoms with Crippen LogP contribution in [-0.4, -0.2) is 30.4 Å². The van der Waals surface area contributed by atoms with E-state index in [1.165, 1.54) is 13.8 Å². The molecule has 2 aromatic rings. The average molecular weight is 466 g/mol. The Hall–Kier alpha value is -1.92. The first-order valence-corrected chi connectivity index (χ1v) is 12.6. The highest BCUT2D eigenvalue weighted by Crippen LogP contribution is 2.41. The van der Waals surface area contributed by atoms with Gasteiger partial charge in [0.05, 0.1) is 18.0 Å². The van der Waals surface area contributed by atoms with Crippen molar-refractivity contribution in [1.82, 2.24) is 9.97 Å². The predicted molar refractivity (Wildman–Crippen MR) is 118 cm³/mol. The molecule has 2 amide bonds. The largest absolute Gasteiger partial charge is 0.390 e. The Bertz CT molecular complexity index is 1180. The molecule has 0 saturated carbocycles. The van der Waals surface area contributed by atoms with Gasteiger partial charge < -0.3 is 15.5 Å². The number of fused-ring (bicyclic) bond motifs is 2. The Morgan fingerprint density at radius 2 is 2.06 bits per heavy atom. The van der Waals surface area contributed by atoms with Gasteiger partial charge in [0.25, 0.3) is 0 Å². The Morgan fingerprint density at radius 3 is 2.74 bits per heavy atom. The summed E-state index contributed by atoms with van der Waals surface area (Å²) in [6.07, 6.45) is 4.48. The second-order valence-corrected chi connectivity index (χ2v) is 11.6. The van der Waals surface area contributed by atoms with E-state index in [2.05, 4.69) is 21.6 Å². The van der Waals surface area contributed by atoms with Gasteiger partial charge in [-0.05, 0) is 63.0 Å². The number of anilines is 1. The van der Waals surface area contributed by atoms with Crippen LogP contribution in [0.1, 0.15) is 72.7 Å². The fraction of sp³-hybridized carbons (Fsp3) is 0.550. The summed E-state index contributed by atoms with van der Waals surface area (Å²) in [5.41, 5.74) is 3.55. The van der Waals surface area contributed by atoms with Crippen LogP contribution < -0.4 is 10.5 Å². The molecular weight excluding hydrogens is 438 g/mol. The molecule has 0 aromatic carbocycles. The first-order chi connectivity index (χ1) is 14.5. The summed E-state index contributed by atoms with van der Waals surface area (Å²) in [7, 11) is -3.67. The SMILES string of the molecule is C[C@H]1CCc2c1nc1c(c2NC(=O)N=[S@@](N)(=O)c2sc(C(C)(C)O)nc2CO)CCC1. The predicted octanol–water partition coefficient (Wildman–Crippen LogP) is 2.73. The molecule has 9 nitrogen and oxygen atoms in total. The maximum Gasteiger partial charge on any atom is 0.354 e. The standard InChI is InChI=1S/C20H27N5O4S2/c1-10-7-8-12-15(10)22-13-6-4-5-11(13)16(12)24-19(27)25-31(21,29)17-14(9-26)23-18(30-17)20(2,3)28/h10,26,28H,4-9H2,1-3H3,(H3,21,22,24,25,27,29)/t10-,31+/m0/s1. The number of nitrogens with two attached hydrogens (primary N) is 1. The Morgan fingerprint density at radius 1 is 1.32 bits per heavy atom. The van der Waals surface area contributed by atoms with E-state index >= 15 is 0 Å². The molecule has 2 atom stereocenters. The van der Waals surface area contributed by atoms with E-state index in [0.29, 0.717) is 5.92 Å². The van der Waals surface area contributed by atoms with Crippen LogP contribution in [0, 0.1) is 0 Å². The van der Waals surface area contributed by atoms with Gasteiger partial charge in [0, 0.05) is 11.4 Å². The fourth-order valence-corrected chi connectivity index (χ4v) is 6.63. The number of nitrogens with zero attached hydrogens (tertiary/aromatic N) is 3. The van der Waals surface area contributed by atoms with Crippen molar-refractivity contribution in [2.75, 3.05) is 5.32 Å². The third-order valence-electron chi connectivity index (χ3n) is 5.70. The molecule has 2 aromatic heterocycles. The van der Waals surface area contributed by atoms with Crippen molar-refractivity contribution in [3.63, 3.8) is 0 Å². The lowest BCUT2D eigenvalue weighted by Gasteiger charge is -2.15. The maximum absolute atomic E-state index is 13.1. The molecule has 168 valence electrons. The van der Waals surface area contributed by atoms with Crippen LogP contribution in [0.2, 0.25) is 0 Å². The molecule has 4 rings (SSSR count). The number of urea groups is 1. The molecule has 0 saturated heterocycles. The fourth-order valence-electron chi connectivity index (χ4n) is 4.17. The van der Waals surface area contributed by atoms with Gasteiger partial charge in [0.2, 0.25) is 0 Å². The van der Waals surface area contributed by atoms with Crippen LogP contribution in [-0.2, 0) is 41.4 Å². The van der Waals surface area contributed by atoms with E-state index in [9.17, 15) is 19.2 Å². The number of rotatable bonds is 4. The summed E-state index contributed by atoms with van der Waals surface area (Å²) in [5.74, 6) is 0.330. The summed E-state index contributed by atoms with van der Waals surface area (Å²) in [4.78, 5) is 21.8. The van der Waals surface area contributed by atoms with Crippen molar-refractivity contribution in [3.05, 3.63) is 33.2 Å². The van der Waals surface area contributed by atoms with Gasteiger partial charge in [-0.2, -0.15) is 0 Å². The molecule has 2 aliphatic rings. The smallest absolute Gasteiger partial charge is 0.354 e. The van der Waals surface area contributed by atoms with E-state index in [-0.39, 0.29) is 14.9 Å². The number of aryl methyl sites for hydroxylation is 1. The van der Waals surface area contributed by atoms with Gasteiger partial charge >= 0.3 is 6.03 Å². The summed E-state index contributed by atoms with van der Waals surface area (Å²) in [6, 6.07) is -0.809. The third-order valence-corrected chi connectivity index (χ3v) is 9.08. The molecule has 0 spiro atoms. The average Bonchev–Trinajstić information content (AvgIpc) is 3.39. The van der Waals surface area contributed by atoms with Gasteiger partial charge in [0.15, 0.2) is 9.92 Å². The van der Waals surface area contributed by atoms with Gasteiger partial charge in [-0.1, -0.05) is 6.92 Å². The van der Waals surface area contributed by atoms with Crippen LogP contribution in [0.15, 0.2) is 8.57 Å². The van der Waals surface area contributed by atoms with Crippen LogP contribution in [0.5, 0.6) is 0 Å². The van der Waals surface area contributed by atoms with Crippen molar-refractivity contribution in [2.24, 2.45) is 9.50 Å². The number of carbonyl (C=O) groups excluding carboxylic acids is 1. The summed E-state index contributed by atoms with van der Waals surface area (Å²) in [5, 5.41) is 28.8. The van der Waals surface area contributed by atoms with Gasteiger partial charge in [-0.25, -0.2) is 19.1 Å². The van der Waals surface area contributed by atoms with Crippen LogP contribution in [0.25, 0.3) is 0 Å². The molecular formula is C20H27N5O4S2. The number of nitrogens with one attached hydrogen (secondary N) is 1. The topological polar surface area (TPSA) is 151 Å². The maximum atomic E-state index is 13.1. The molecule has 0 radical (unpaired) electrons. The number of carbonyl (C=O) groups is 1. The molecule has 5 N–H and O–H groups in total. The summed E-state index contributed by atoms with van der Waals surface area (Å²) in [6.45, 7) is 4.63. The molecule has 2 aliphatic carbocycles. The van der Waals surface area contributed by atoms with E-state index in [1.807, 2.05) is 0 Å². The lowest BCUT2D eigenvalue weighted by Crippen LogP contribution is -2.19. The van der Waals surface area contributed by atoms with E-state index in [1.54, 1.807) is 0 Å². The summed E-state index contributed by atoms with van der Waals surface area (Å²) < 4.78 is 16.9. The normalized spacial score (nSPS) is 19.6. The molecule has 11 heteroatoms. The quantitative estimate of drug-likeness (QED) is 0.545. The van der Waals surface area contributed by atoms with Crippen LogP contribution in [0.4, 0.5) is 10.5 Å². The zero-order valence-electron chi connectivity index (χ0n) is 17.8. The lowest BCUT2D eigenvalue weighted by molar-refractivity contribution is 0.0779. The van der Waals surface area contributed by atoms with E-state index in [4.69, 9.17) is 10.1 Å². The molecule has 0 bridgehead atoms. The molecule has 31 heavy (non-hydrogen) atoms. The van der Waals surface area contributed by atoms with Crippen LogP contribution in [0.3, 0.4) is 0 Å². The third kappa shape index (κ3) is 4.12. The second kappa shape index (κ2) is 7.89. The highest BCUT2D eigenvalue weighted by atomic mass is 32.2. The Labute approximate surface area is 185 Å². The lowest BCUT2D eigenvalue weighted by atomic mass is 10.0. The van der Waals surface area contributed by atoms with Crippen molar-refractivity contribution in [2.45, 2.75) is 75.2 Å². The Balaban J connectivity index is 1.71. The highest BCUT2D eigenvalue weighted by molar-refractivity contribution is 7.93. The number of aliphatic hydroxyl groups is 2. The van der Waals surface area contributed by atoms with Gasteiger partial charge in [-0.15, -0.1) is 15.7 Å². The van der Waals surface area contributed by atoms with Gasteiger partial charge in [-0.3, -0.25) is 4.98 Å². The first-order valence-electron chi connectivity index (χ1n) is 10.2. The number of hydrogen-bond donors (Lipinski definition) is 4. The van der Waals surface area contributed by atoms with Crippen molar-refractivity contribution in [3.8, 4) is 0 Å². The van der Waals surface area contributed by atoms with Crippen molar-refractivity contribution in [1.29, 1.82) is 0 Å². The number of hydrogen-bond acceptors (Lipinski definition) is 7. The highest BCUT2D eigenvalue weighted by Gasteiger charge is 2.31. The van der Waals surface area contributed by atoms with E-state index in [0.717, 1.165) is 71.6 Å². The zero-order valence-corrected chi connectivity index (χ0v) is 19.4. The molecule has 0 aliphatic heterocycles. The minimum Gasteiger partial charge on any atom is -0.390 e. The monoisotopic (exact) mass is 465 g/mol. The molecule has 2 heterocycles. The van der Waals surface area contributed by atoms with E-state index < -0.39 is 28.2 Å². The molecule has 0 fully saturated rings. The van der Waals surface area contributed by atoms with Crippen molar-refractivity contribution >= 4 is 33.0 Å². The second-order valence-electron chi connectivity index (χ2n) is 8.63. The molecule has 0 unspecified atom stereocenters. The summed E-state index contributed by atoms with van der Waals surface area (Å²) >= 11 is 0.881. The Kier molecular flexibility index (Phi) is 5.67. The first kappa shape index (κ1) is 22.3.